The van der Waals surface area contributed by atoms with Crippen molar-refractivity contribution in [1.82, 2.24) is 5.32 Å². The number of hydrogen-bond acceptors (Lipinski definition) is 2. The summed E-state index contributed by atoms with van der Waals surface area (Å²) >= 11 is 0. The lowest BCUT2D eigenvalue weighted by Crippen LogP contribution is -2.47. The van der Waals surface area contributed by atoms with Gasteiger partial charge in [0.15, 0.2) is 0 Å². The van der Waals surface area contributed by atoms with Gasteiger partial charge in [-0.1, -0.05) is 19.9 Å². The topological polar surface area (TPSA) is 69.6 Å². The van der Waals surface area contributed by atoms with Crippen molar-refractivity contribution in [3.8, 4) is 0 Å². The molecule has 0 saturated heterocycles. The van der Waals surface area contributed by atoms with Crippen LogP contribution in [-0.4, -0.2) is 29.0 Å². The van der Waals surface area contributed by atoms with Gasteiger partial charge in [-0.3, -0.25) is 0 Å². The molecule has 0 aliphatic heterocycles. The van der Waals surface area contributed by atoms with E-state index < -0.39 is 12.1 Å². The highest BCUT2D eigenvalue weighted by atomic mass is 16.4. The Morgan fingerprint density at radius 1 is 1.60 bits per heavy atom. The van der Waals surface area contributed by atoms with E-state index in [1.165, 1.54) is 0 Å². The van der Waals surface area contributed by atoms with Crippen molar-refractivity contribution in [2.45, 2.75) is 39.2 Å². The Labute approximate surface area is 91.0 Å². The lowest BCUT2D eigenvalue weighted by Gasteiger charge is -2.33. The van der Waals surface area contributed by atoms with Crippen LogP contribution in [0.4, 0.5) is 4.79 Å². The van der Waals surface area contributed by atoms with Crippen LogP contribution < -0.4 is 5.32 Å². The second kappa shape index (κ2) is 6.45. The number of unbranched alkanes of at least 4 members (excludes halogenated alkanes) is 1. The van der Waals surface area contributed by atoms with E-state index in [1.807, 2.05) is 19.9 Å². The van der Waals surface area contributed by atoms with E-state index in [-0.39, 0.29) is 12.0 Å². The SMILES string of the molecule is C=CCCCC(C)(C)C(CO)NC(=O)O. The van der Waals surface area contributed by atoms with Gasteiger partial charge in [0.25, 0.3) is 0 Å². The van der Waals surface area contributed by atoms with Crippen molar-refractivity contribution in [2.24, 2.45) is 5.41 Å². The van der Waals surface area contributed by atoms with Crippen LogP contribution in [0.15, 0.2) is 12.7 Å². The second-order valence-electron chi connectivity index (χ2n) is 4.35. The number of carbonyl (C=O) groups is 1. The highest BCUT2D eigenvalue weighted by molar-refractivity contribution is 5.65. The first kappa shape index (κ1) is 14.0. The Hall–Kier alpha value is -1.03. The van der Waals surface area contributed by atoms with E-state index >= 15 is 0 Å². The fourth-order valence-corrected chi connectivity index (χ4v) is 1.51. The first-order valence-corrected chi connectivity index (χ1v) is 5.15. The van der Waals surface area contributed by atoms with Crippen LogP contribution in [0, 0.1) is 5.41 Å². The number of allylic oxidation sites excluding steroid dienone is 1. The predicted molar refractivity (Wildman–Crippen MR) is 59.9 cm³/mol. The Morgan fingerprint density at radius 3 is 2.60 bits per heavy atom. The molecule has 1 atom stereocenters. The fraction of sp³-hybridized carbons (Fsp3) is 0.727. The molecule has 0 bridgehead atoms. The summed E-state index contributed by atoms with van der Waals surface area (Å²) in [6, 6.07) is -0.417. The van der Waals surface area contributed by atoms with E-state index in [2.05, 4.69) is 11.9 Å². The molecule has 3 N–H and O–H groups in total. The Bertz CT molecular complexity index is 214. The molecule has 88 valence electrons. The zero-order valence-electron chi connectivity index (χ0n) is 9.49. The molecule has 15 heavy (non-hydrogen) atoms. The Balaban J connectivity index is 4.23. The zero-order chi connectivity index (χ0) is 11.9. The van der Waals surface area contributed by atoms with Gasteiger partial charge in [0.2, 0.25) is 0 Å². The molecular formula is C11H21NO3. The summed E-state index contributed by atoms with van der Waals surface area (Å²) in [5.41, 5.74) is -0.240. The minimum absolute atomic E-state index is 0.173. The van der Waals surface area contributed by atoms with Crippen molar-refractivity contribution in [1.29, 1.82) is 0 Å². The number of rotatable bonds is 7. The molecule has 4 nitrogen and oxygen atoms in total. The minimum atomic E-state index is -1.09. The van der Waals surface area contributed by atoms with Gasteiger partial charge in [-0.05, 0) is 24.7 Å². The van der Waals surface area contributed by atoms with Crippen molar-refractivity contribution < 1.29 is 15.0 Å². The maximum Gasteiger partial charge on any atom is 0.404 e. The molecule has 0 fully saturated rings. The summed E-state index contributed by atoms with van der Waals surface area (Å²) in [6.45, 7) is 7.36. The molecule has 0 saturated carbocycles. The molecule has 0 heterocycles. The third-order valence-corrected chi connectivity index (χ3v) is 2.65. The quantitative estimate of drug-likeness (QED) is 0.449. The van der Waals surface area contributed by atoms with Crippen LogP contribution in [0.1, 0.15) is 33.1 Å². The van der Waals surface area contributed by atoms with Gasteiger partial charge in [0.1, 0.15) is 0 Å². The fourth-order valence-electron chi connectivity index (χ4n) is 1.51. The van der Waals surface area contributed by atoms with E-state index in [0.717, 1.165) is 19.3 Å². The smallest absolute Gasteiger partial charge is 0.404 e. The molecule has 0 rings (SSSR count). The lowest BCUT2D eigenvalue weighted by atomic mass is 9.80. The average molecular weight is 215 g/mol. The normalized spacial score (nSPS) is 13.3. The molecule has 1 unspecified atom stereocenters. The third kappa shape index (κ3) is 5.42. The van der Waals surface area contributed by atoms with Gasteiger partial charge in [-0.15, -0.1) is 6.58 Å². The number of hydrogen-bond donors (Lipinski definition) is 3. The van der Waals surface area contributed by atoms with Gasteiger partial charge < -0.3 is 15.5 Å². The lowest BCUT2D eigenvalue weighted by molar-refractivity contribution is 0.123. The summed E-state index contributed by atoms with van der Waals surface area (Å²) < 4.78 is 0. The van der Waals surface area contributed by atoms with E-state index in [9.17, 15) is 4.79 Å². The van der Waals surface area contributed by atoms with Crippen LogP contribution in [0.2, 0.25) is 0 Å². The predicted octanol–water partition coefficient (Wildman–Crippen LogP) is 2.00. The van der Waals surface area contributed by atoms with Crippen LogP contribution in [0.3, 0.4) is 0 Å². The summed E-state index contributed by atoms with van der Waals surface area (Å²) in [5, 5.41) is 20.1. The molecule has 0 radical (unpaired) electrons. The Kier molecular flexibility index (Phi) is 6.01. The monoisotopic (exact) mass is 215 g/mol. The van der Waals surface area contributed by atoms with Crippen LogP contribution in [0.5, 0.6) is 0 Å². The van der Waals surface area contributed by atoms with E-state index in [4.69, 9.17) is 10.2 Å². The maximum absolute atomic E-state index is 10.5. The van der Waals surface area contributed by atoms with Gasteiger partial charge in [0, 0.05) is 0 Å². The van der Waals surface area contributed by atoms with Crippen molar-refractivity contribution in [3.05, 3.63) is 12.7 Å². The van der Waals surface area contributed by atoms with Gasteiger partial charge in [-0.25, -0.2) is 4.79 Å². The van der Waals surface area contributed by atoms with Crippen LogP contribution in [0.25, 0.3) is 0 Å². The standard InChI is InChI=1S/C11H21NO3/c1-4-5-6-7-11(2,3)9(8-13)12-10(14)15/h4,9,12-13H,1,5-8H2,2-3H3,(H,14,15). The number of aliphatic hydroxyl groups excluding tert-OH is 1. The molecule has 0 aromatic carbocycles. The summed E-state index contributed by atoms with van der Waals surface area (Å²) in [5.74, 6) is 0. The number of aliphatic hydroxyl groups is 1. The highest BCUT2D eigenvalue weighted by Crippen LogP contribution is 2.27. The number of nitrogens with one attached hydrogen (secondary N) is 1. The first-order chi connectivity index (χ1) is 6.94. The summed E-state index contributed by atoms with van der Waals surface area (Å²) in [6.07, 6.45) is 3.47. The summed E-state index contributed by atoms with van der Waals surface area (Å²) in [4.78, 5) is 10.5. The molecule has 0 spiro atoms. The van der Waals surface area contributed by atoms with Crippen LogP contribution >= 0.6 is 0 Å². The number of amides is 1. The Morgan fingerprint density at radius 2 is 2.20 bits per heavy atom. The van der Waals surface area contributed by atoms with Crippen molar-refractivity contribution in [3.63, 3.8) is 0 Å². The molecular weight excluding hydrogens is 194 g/mol. The van der Waals surface area contributed by atoms with Crippen molar-refractivity contribution >= 4 is 6.09 Å². The average Bonchev–Trinajstić information content (AvgIpc) is 2.14. The van der Waals surface area contributed by atoms with Gasteiger partial charge >= 0.3 is 6.09 Å². The minimum Gasteiger partial charge on any atom is -0.465 e. The summed E-state index contributed by atoms with van der Waals surface area (Å²) in [7, 11) is 0. The van der Waals surface area contributed by atoms with Crippen molar-refractivity contribution in [2.75, 3.05) is 6.61 Å². The van der Waals surface area contributed by atoms with E-state index in [1.54, 1.807) is 0 Å². The number of carboxylic acid groups (broad SMARTS) is 1. The van der Waals surface area contributed by atoms with Gasteiger partial charge in [0.05, 0.1) is 12.6 Å². The molecule has 4 heteroatoms. The first-order valence-electron chi connectivity index (χ1n) is 5.15. The molecule has 1 amide bonds. The maximum atomic E-state index is 10.5. The molecule has 0 aliphatic rings. The zero-order valence-corrected chi connectivity index (χ0v) is 9.49. The molecule has 0 aromatic heterocycles. The molecule has 0 aromatic rings. The molecule has 0 aliphatic carbocycles. The van der Waals surface area contributed by atoms with Crippen LogP contribution in [-0.2, 0) is 0 Å². The highest BCUT2D eigenvalue weighted by Gasteiger charge is 2.29. The van der Waals surface area contributed by atoms with Gasteiger partial charge in [-0.2, -0.15) is 0 Å². The largest absolute Gasteiger partial charge is 0.465 e. The third-order valence-electron chi connectivity index (χ3n) is 2.65. The second-order valence-corrected chi connectivity index (χ2v) is 4.35. The van der Waals surface area contributed by atoms with E-state index in [0.29, 0.717) is 0 Å².